The Balaban J connectivity index is 1.52. The number of H-pyrrole nitrogens is 1. The van der Waals surface area contributed by atoms with Gasteiger partial charge in [0.25, 0.3) is 0 Å². The third kappa shape index (κ3) is 3.18. The molecule has 0 atom stereocenters. The van der Waals surface area contributed by atoms with Gasteiger partial charge >= 0.3 is 0 Å². The Labute approximate surface area is 119 Å². The first kappa shape index (κ1) is 13.2. The van der Waals surface area contributed by atoms with Crippen molar-refractivity contribution in [2.45, 2.75) is 44.9 Å². The standard InChI is InChI=1S/C16H21N3O/c20-16(9-6-12-4-2-1-3-5-12)18-14-8-7-13-11-17-19-15(13)10-14/h7-8,10-12H,1-6,9H2,(H,17,19)(H,18,20). The summed E-state index contributed by atoms with van der Waals surface area (Å²) in [5.41, 5.74) is 1.80. The number of aromatic amines is 1. The van der Waals surface area contributed by atoms with Crippen molar-refractivity contribution >= 4 is 22.5 Å². The third-order valence-electron chi connectivity index (χ3n) is 4.23. The van der Waals surface area contributed by atoms with Gasteiger partial charge in [0.1, 0.15) is 0 Å². The number of amides is 1. The van der Waals surface area contributed by atoms with Crippen LogP contribution in [-0.2, 0) is 4.79 Å². The summed E-state index contributed by atoms with van der Waals surface area (Å²) in [7, 11) is 0. The van der Waals surface area contributed by atoms with Gasteiger partial charge in [-0.2, -0.15) is 5.10 Å². The molecular weight excluding hydrogens is 250 g/mol. The summed E-state index contributed by atoms with van der Waals surface area (Å²) in [5.74, 6) is 0.874. The average Bonchev–Trinajstić information content (AvgIpc) is 2.94. The second-order valence-electron chi connectivity index (χ2n) is 5.76. The van der Waals surface area contributed by atoms with Gasteiger partial charge in [0.2, 0.25) is 5.91 Å². The highest BCUT2D eigenvalue weighted by Gasteiger charge is 2.14. The van der Waals surface area contributed by atoms with Crippen LogP contribution in [0, 0.1) is 5.92 Å². The highest BCUT2D eigenvalue weighted by Crippen LogP contribution is 2.27. The highest BCUT2D eigenvalue weighted by molar-refractivity contribution is 5.93. The van der Waals surface area contributed by atoms with Crippen LogP contribution < -0.4 is 5.32 Å². The van der Waals surface area contributed by atoms with Crippen LogP contribution in [-0.4, -0.2) is 16.1 Å². The van der Waals surface area contributed by atoms with Crippen LogP contribution in [0.15, 0.2) is 24.4 Å². The molecule has 1 aromatic heterocycles. The predicted molar refractivity (Wildman–Crippen MR) is 80.5 cm³/mol. The van der Waals surface area contributed by atoms with Gasteiger partial charge < -0.3 is 5.32 Å². The zero-order valence-electron chi connectivity index (χ0n) is 11.7. The topological polar surface area (TPSA) is 57.8 Å². The molecule has 106 valence electrons. The van der Waals surface area contributed by atoms with Crippen LogP contribution in [0.5, 0.6) is 0 Å². The molecule has 20 heavy (non-hydrogen) atoms. The number of carbonyl (C=O) groups is 1. The zero-order chi connectivity index (χ0) is 13.8. The normalized spacial score (nSPS) is 16.4. The van der Waals surface area contributed by atoms with E-state index in [0.717, 1.165) is 28.9 Å². The minimum Gasteiger partial charge on any atom is -0.326 e. The average molecular weight is 271 g/mol. The SMILES string of the molecule is O=C(CCC1CCCCC1)Nc1ccc2cn[nH]c2c1. The number of rotatable bonds is 4. The lowest BCUT2D eigenvalue weighted by Gasteiger charge is -2.20. The molecule has 1 aliphatic rings. The molecule has 2 aromatic rings. The molecule has 1 fully saturated rings. The van der Waals surface area contributed by atoms with Gasteiger partial charge in [-0.05, 0) is 30.5 Å². The number of anilines is 1. The molecule has 1 heterocycles. The van der Waals surface area contributed by atoms with E-state index in [0.29, 0.717) is 6.42 Å². The molecule has 1 aromatic carbocycles. The van der Waals surface area contributed by atoms with Gasteiger partial charge in [-0.3, -0.25) is 9.89 Å². The van der Waals surface area contributed by atoms with Gasteiger partial charge in [0.05, 0.1) is 11.7 Å². The molecule has 0 aliphatic heterocycles. The molecule has 0 radical (unpaired) electrons. The van der Waals surface area contributed by atoms with E-state index in [4.69, 9.17) is 0 Å². The molecule has 1 aliphatic carbocycles. The Morgan fingerprint density at radius 3 is 3.00 bits per heavy atom. The molecule has 1 amide bonds. The van der Waals surface area contributed by atoms with Crippen molar-refractivity contribution in [1.29, 1.82) is 0 Å². The quantitative estimate of drug-likeness (QED) is 0.887. The van der Waals surface area contributed by atoms with E-state index >= 15 is 0 Å². The number of nitrogens with zero attached hydrogens (tertiary/aromatic N) is 1. The molecule has 4 nitrogen and oxygen atoms in total. The lowest BCUT2D eigenvalue weighted by molar-refractivity contribution is -0.116. The minimum absolute atomic E-state index is 0.120. The summed E-state index contributed by atoms with van der Waals surface area (Å²) in [5, 5.41) is 10.9. The van der Waals surface area contributed by atoms with Crippen molar-refractivity contribution in [3.05, 3.63) is 24.4 Å². The number of benzene rings is 1. The van der Waals surface area contributed by atoms with Crippen LogP contribution in [0.25, 0.3) is 10.9 Å². The van der Waals surface area contributed by atoms with Crippen LogP contribution in [0.1, 0.15) is 44.9 Å². The van der Waals surface area contributed by atoms with Gasteiger partial charge in [0.15, 0.2) is 0 Å². The Hall–Kier alpha value is -1.84. The largest absolute Gasteiger partial charge is 0.326 e. The molecule has 0 unspecified atom stereocenters. The maximum atomic E-state index is 12.0. The van der Waals surface area contributed by atoms with Crippen LogP contribution in [0.2, 0.25) is 0 Å². The Morgan fingerprint density at radius 2 is 2.15 bits per heavy atom. The third-order valence-corrected chi connectivity index (χ3v) is 4.23. The van der Waals surface area contributed by atoms with Crippen molar-refractivity contribution in [3.8, 4) is 0 Å². The van der Waals surface area contributed by atoms with E-state index in [9.17, 15) is 4.79 Å². The summed E-state index contributed by atoms with van der Waals surface area (Å²) < 4.78 is 0. The summed E-state index contributed by atoms with van der Waals surface area (Å²) in [6.07, 6.45) is 10.1. The fourth-order valence-electron chi connectivity index (χ4n) is 3.05. The number of nitrogens with one attached hydrogen (secondary N) is 2. The minimum atomic E-state index is 0.120. The number of fused-ring (bicyclic) bond motifs is 1. The second-order valence-corrected chi connectivity index (χ2v) is 5.76. The van der Waals surface area contributed by atoms with E-state index in [1.807, 2.05) is 18.2 Å². The number of carbonyl (C=O) groups excluding carboxylic acids is 1. The summed E-state index contributed by atoms with van der Waals surface area (Å²) in [4.78, 5) is 12.0. The fourth-order valence-corrected chi connectivity index (χ4v) is 3.05. The fraction of sp³-hybridized carbons (Fsp3) is 0.500. The lowest BCUT2D eigenvalue weighted by Crippen LogP contribution is -2.14. The lowest BCUT2D eigenvalue weighted by atomic mass is 9.86. The first-order valence-electron chi connectivity index (χ1n) is 7.54. The molecule has 2 N–H and O–H groups in total. The molecular formula is C16H21N3O. The molecule has 0 spiro atoms. The van der Waals surface area contributed by atoms with Crippen LogP contribution >= 0.6 is 0 Å². The van der Waals surface area contributed by atoms with Crippen molar-refractivity contribution < 1.29 is 4.79 Å². The highest BCUT2D eigenvalue weighted by atomic mass is 16.1. The smallest absolute Gasteiger partial charge is 0.224 e. The number of hydrogen-bond acceptors (Lipinski definition) is 2. The summed E-state index contributed by atoms with van der Waals surface area (Å²) >= 11 is 0. The van der Waals surface area contributed by atoms with Crippen molar-refractivity contribution in [3.63, 3.8) is 0 Å². The number of hydrogen-bond donors (Lipinski definition) is 2. The Bertz CT molecular complexity index is 584. The van der Waals surface area contributed by atoms with E-state index in [1.54, 1.807) is 6.20 Å². The van der Waals surface area contributed by atoms with Gasteiger partial charge in [-0.15, -0.1) is 0 Å². The number of aromatic nitrogens is 2. The van der Waals surface area contributed by atoms with E-state index < -0.39 is 0 Å². The van der Waals surface area contributed by atoms with E-state index in [2.05, 4.69) is 15.5 Å². The van der Waals surface area contributed by atoms with Gasteiger partial charge in [0, 0.05) is 17.5 Å². The van der Waals surface area contributed by atoms with E-state index in [1.165, 1.54) is 32.1 Å². The van der Waals surface area contributed by atoms with E-state index in [-0.39, 0.29) is 5.91 Å². The monoisotopic (exact) mass is 271 g/mol. The predicted octanol–water partition coefficient (Wildman–Crippen LogP) is 3.86. The van der Waals surface area contributed by atoms with Gasteiger partial charge in [-0.25, -0.2) is 0 Å². The first-order chi connectivity index (χ1) is 9.81. The van der Waals surface area contributed by atoms with Crippen molar-refractivity contribution in [2.75, 3.05) is 5.32 Å². The first-order valence-corrected chi connectivity index (χ1v) is 7.54. The molecule has 4 heteroatoms. The Kier molecular flexibility index (Phi) is 4.00. The summed E-state index contributed by atoms with van der Waals surface area (Å²) in [6.45, 7) is 0. The molecule has 0 bridgehead atoms. The zero-order valence-corrected chi connectivity index (χ0v) is 11.7. The Morgan fingerprint density at radius 1 is 1.30 bits per heavy atom. The maximum Gasteiger partial charge on any atom is 0.224 e. The second kappa shape index (κ2) is 6.07. The molecule has 1 saturated carbocycles. The molecule has 3 rings (SSSR count). The van der Waals surface area contributed by atoms with Crippen LogP contribution in [0.3, 0.4) is 0 Å². The van der Waals surface area contributed by atoms with Crippen LogP contribution in [0.4, 0.5) is 5.69 Å². The molecule has 0 saturated heterocycles. The van der Waals surface area contributed by atoms with Crippen molar-refractivity contribution in [2.24, 2.45) is 5.92 Å². The maximum absolute atomic E-state index is 12.0. The summed E-state index contributed by atoms with van der Waals surface area (Å²) in [6, 6.07) is 5.83. The van der Waals surface area contributed by atoms with Crippen molar-refractivity contribution in [1.82, 2.24) is 10.2 Å². The van der Waals surface area contributed by atoms with Gasteiger partial charge in [-0.1, -0.05) is 32.1 Å².